The van der Waals surface area contributed by atoms with Gasteiger partial charge < -0.3 is 15.0 Å². The topological polar surface area (TPSA) is 60.4 Å². The molecule has 0 saturated heterocycles. The van der Waals surface area contributed by atoms with Gasteiger partial charge in [-0.15, -0.1) is 0 Å². The predicted octanol–water partition coefficient (Wildman–Crippen LogP) is 2.00. The van der Waals surface area contributed by atoms with Crippen LogP contribution in [0.4, 0.5) is 0 Å². The Morgan fingerprint density at radius 3 is 1.17 bits per heavy atom. The Morgan fingerprint density at radius 2 is 0.917 bits per heavy atom. The molecule has 140 valence electrons. The van der Waals surface area contributed by atoms with Crippen LogP contribution in [0.2, 0.25) is 0 Å². The number of carboxylic acid groups (broad SMARTS) is 1. The van der Waals surface area contributed by atoms with Crippen LogP contribution in [0, 0.1) is 0 Å². The molecule has 24 heavy (non-hydrogen) atoms. The molecular weight excluding hydrogens is 311 g/mol. The normalized spacial score (nSPS) is 9.79. The van der Waals surface area contributed by atoms with Crippen molar-refractivity contribution in [3.05, 3.63) is 0 Å². The van der Waals surface area contributed by atoms with Crippen LogP contribution in [0.3, 0.4) is 0 Å². The summed E-state index contributed by atoms with van der Waals surface area (Å²) in [5, 5.41) is 17.8. The van der Waals surface area contributed by atoms with E-state index in [2.05, 4.69) is 6.92 Å². The Balaban J connectivity index is -0.00000102. The van der Waals surface area contributed by atoms with Crippen molar-refractivity contribution >= 4 is 5.97 Å². The molecule has 0 heterocycles. The molecule has 0 saturated carbocycles. The Kier molecular flexibility index (Phi) is 34.4. The fraction of sp³-hybridized carbons (Fsp3) is 0.950. The molecule has 4 heteroatoms. The van der Waals surface area contributed by atoms with Crippen LogP contribution in [0.1, 0.15) is 117 Å². The van der Waals surface area contributed by atoms with E-state index in [9.17, 15) is 9.90 Å². The second kappa shape index (κ2) is 28.2. The Morgan fingerprint density at radius 1 is 0.667 bits per heavy atom. The molecule has 0 aliphatic carbocycles. The first kappa shape index (κ1) is 29.2. The van der Waals surface area contributed by atoms with Gasteiger partial charge in [0.15, 0.2) is 0 Å². The minimum Gasteiger partial charge on any atom is -0.550 e. The van der Waals surface area contributed by atoms with Crippen LogP contribution < -0.4 is 34.7 Å². The van der Waals surface area contributed by atoms with Gasteiger partial charge in [0.05, 0.1) is 0 Å². The van der Waals surface area contributed by atoms with E-state index in [-0.39, 0.29) is 42.6 Å². The van der Waals surface area contributed by atoms with E-state index >= 15 is 0 Å². The van der Waals surface area contributed by atoms with Crippen LogP contribution in [0.25, 0.3) is 0 Å². The fourth-order valence-electron chi connectivity index (χ4n) is 2.64. The molecule has 0 aromatic carbocycles. The number of carbonyl (C=O) groups excluding carboxylic acids is 1. The van der Waals surface area contributed by atoms with Crippen LogP contribution >= 0.6 is 0 Å². The minimum atomic E-state index is -0.903. The van der Waals surface area contributed by atoms with Gasteiger partial charge in [-0.1, -0.05) is 96.8 Å². The number of carbonyl (C=O) groups is 1. The smallest absolute Gasteiger partial charge is 0.550 e. The van der Waals surface area contributed by atoms with Gasteiger partial charge in [0.1, 0.15) is 0 Å². The number of rotatable bonds is 16. The summed E-state index contributed by atoms with van der Waals surface area (Å²) in [4.78, 5) is 10.2. The van der Waals surface area contributed by atoms with Gasteiger partial charge in [0, 0.05) is 12.6 Å². The van der Waals surface area contributed by atoms with Crippen molar-refractivity contribution in [3.8, 4) is 0 Å². The van der Waals surface area contributed by atoms with Gasteiger partial charge in [0.2, 0.25) is 0 Å². The van der Waals surface area contributed by atoms with Crippen LogP contribution in [0.5, 0.6) is 0 Å². The first-order valence-corrected chi connectivity index (χ1v) is 9.99. The summed E-state index contributed by atoms with van der Waals surface area (Å²) in [5.74, 6) is -0.903. The summed E-state index contributed by atoms with van der Waals surface area (Å²) >= 11 is 0. The molecule has 3 nitrogen and oxygen atoms in total. The van der Waals surface area contributed by atoms with E-state index in [0.29, 0.717) is 0 Å². The SMILES string of the molecule is CCCCCCCCCCCCCCCCCC(=O)[O-].CCO.[Na+]. The maximum absolute atomic E-state index is 10.2. The van der Waals surface area contributed by atoms with Crippen molar-refractivity contribution in [1.82, 2.24) is 0 Å². The molecule has 1 N–H and O–H groups in total. The number of hydrogen-bond donors (Lipinski definition) is 1. The zero-order valence-electron chi connectivity index (χ0n) is 16.8. The summed E-state index contributed by atoms with van der Waals surface area (Å²) in [6.07, 6.45) is 19.9. The van der Waals surface area contributed by atoms with Crippen molar-refractivity contribution in [2.24, 2.45) is 0 Å². The monoisotopic (exact) mass is 352 g/mol. The van der Waals surface area contributed by atoms with Gasteiger partial charge in [-0.3, -0.25) is 0 Å². The molecule has 0 amide bonds. The van der Waals surface area contributed by atoms with Crippen molar-refractivity contribution in [2.75, 3.05) is 6.61 Å². The average Bonchev–Trinajstić information content (AvgIpc) is 2.51. The number of aliphatic hydroxyl groups is 1. The van der Waals surface area contributed by atoms with Crippen LogP contribution in [0.15, 0.2) is 0 Å². The number of aliphatic carboxylic acids is 1. The molecule has 0 fully saturated rings. The molecule has 0 bridgehead atoms. The van der Waals surface area contributed by atoms with E-state index in [0.717, 1.165) is 12.8 Å². The number of hydrogen-bond acceptors (Lipinski definition) is 3. The van der Waals surface area contributed by atoms with Gasteiger partial charge in [-0.25, -0.2) is 0 Å². The Bertz CT molecular complexity index is 223. The van der Waals surface area contributed by atoms with Crippen LogP contribution in [-0.2, 0) is 4.79 Å². The van der Waals surface area contributed by atoms with Crippen LogP contribution in [-0.4, -0.2) is 17.7 Å². The van der Waals surface area contributed by atoms with E-state index in [1.807, 2.05) is 0 Å². The zero-order chi connectivity index (χ0) is 17.6. The molecule has 0 aromatic rings. The quantitative estimate of drug-likeness (QED) is 0.341. The maximum atomic E-state index is 10.2. The van der Waals surface area contributed by atoms with Crippen molar-refractivity contribution < 1.29 is 44.6 Å². The molecule has 0 unspecified atom stereocenters. The molecular formula is C20H41NaO3. The van der Waals surface area contributed by atoms with Gasteiger partial charge >= 0.3 is 29.6 Å². The average molecular weight is 353 g/mol. The molecule has 0 aliphatic rings. The van der Waals surface area contributed by atoms with Gasteiger partial charge in [0.25, 0.3) is 0 Å². The molecule has 0 aromatic heterocycles. The molecule has 0 atom stereocenters. The zero-order valence-corrected chi connectivity index (χ0v) is 18.8. The summed E-state index contributed by atoms with van der Waals surface area (Å²) < 4.78 is 0. The second-order valence-electron chi connectivity index (χ2n) is 6.39. The number of unbranched alkanes of at least 4 members (excludes halogenated alkanes) is 14. The molecule has 0 radical (unpaired) electrons. The minimum absolute atomic E-state index is 0. The third-order valence-corrected chi connectivity index (χ3v) is 3.98. The summed E-state index contributed by atoms with van der Waals surface area (Å²) in [6, 6.07) is 0. The fourth-order valence-corrected chi connectivity index (χ4v) is 2.64. The largest absolute Gasteiger partial charge is 1.00 e. The second-order valence-corrected chi connectivity index (χ2v) is 6.39. The third-order valence-electron chi connectivity index (χ3n) is 3.98. The first-order chi connectivity index (χ1) is 11.2. The molecule has 0 rings (SSSR count). The Labute approximate surface area is 173 Å². The van der Waals surface area contributed by atoms with E-state index in [1.54, 1.807) is 6.92 Å². The first-order valence-electron chi connectivity index (χ1n) is 9.99. The summed E-state index contributed by atoms with van der Waals surface area (Å²) in [7, 11) is 0. The van der Waals surface area contributed by atoms with Gasteiger partial charge in [-0.2, -0.15) is 0 Å². The van der Waals surface area contributed by atoms with Gasteiger partial charge in [-0.05, 0) is 19.8 Å². The maximum Gasteiger partial charge on any atom is 1.00 e. The molecule has 0 spiro atoms. The van der Waals surface area contributed by atoms with Crippen molar-refractivity contribution in [2.45, 2.75) is 117 Å². The number of carboxylic acids is 1. The van der Waals surface area contributed by atoms with Crippen molar-refractivity contribution in [1.29, 1.82) is 0 Å². The standard InChI is InChI=1S/C18H36O2.C2H6O.Na/c1-2-3-4-5-6-7-8-9-10-11-12-13-14-15-16-17-18(19)20;1-2-3;/h2-17H2,1H3,(H,19,20);3H,2H2,1H3;/q;;+1/p-1. The van der Waals surface area contributed by atoms with E-state index in [1.165, 1.54) is 83.5 Å². The summed E-state index contributed by atoms with van der Waals surface area (Å²) in [6.45, 7) is 4.20. The molecule has 0 aliphatic heterocycles. The third kappa shape index (κ3) is 33.9. The number of aliphatic hydroxyl groups excluding tert-OH is 1. The predicted molar refractivity (Wildman–Crippen MR) is 97.3 cm³/mol. The van der Waals surface area contributed by atoms with Crippen molar-refractivity contribution in [3.63, 3.8) is 0 Å². The summed E-state index contributed by atoms with van der Waals surface area (Å²) in [5.41, 5.74) is 0. The van der Waals surface area contributed by atoms with E-state index in [4.69, 9.17) is 5.11 Å². The Hall–Kier alpha value is 0.430. The van der Waals surface area contributed by atoms with E-state index < -0.39 is 5.97 Å².